The molecule has 3 heterocycles. The Morgan fingerprint density at radius 3 is 2.70 bits per heavy atom. The number of nitrogens with zero attached hydrogens (tertiary/aromatic N) is 1. The largest absolute Gasteiger partial charge is 0.346 e. The zero-order chi connectivity index (χ0) is 19.2. The summed E-state index contributed by atoms with van der Waals surface area (Å²) in [5, 5.41) is 3.70. The average molecular weight is 411 g/mol. The molecule has 0 bridgehead atoms. The average Bonchev–Trinajstić information content (AvgIpc) is 3.12. The number of benzene rings is 1. The van der Waals surface area contributed by atoms with Gasteiger partial charge in [0.15, 0.2) is 9.84 Å². The quantitative estimate of drug-likeness (QED) is 0.845. The van der Waals surface area contributed by atoms with E-state index in [1.54, 1.807) is 13.0 Å². The molecule has 2 fully saturated rings. The Morgan fingerprint density at radius 1 is 1.22 bits per heavy atom. The summed E-state index contributed by atoms with van der Waals surface area (Å²) in [7, 11) is -3.16. The minimum atomic E-state index is -3.16. The fourth-order valence-corrected chi connectivity index (χ4v) is 7.27. The predicted molar refractivity (Wildman–Crippen MR) is 106 cm³/mol. The molecule has 8 heteroatoms. The van der Waals surface area contributed by atoms with Crippen LogP contribution in [0.1, 0.15) is 34.5 Å². The Bertz CT molecular complexity index is 980. The number of amides is 1. The maximum absolute atomic E-state index is 13.5. The summed E-state index contributed by atoms with van der Waals surface area (Å²) in [6, 6.07) is 3.94. The van der Waals surface area contributed by atoms with E-state index in [1.807, 2.05) is 0 Å². The van der Waals surface area contributed by atoms with Gasteiger partial charge in [-0.1, -0.05) is 6.42 Å². The van der Waals surface area contributed by atoms with Gasteiger partial charge in [-0.25, -0.2) is 12.8 Å². The van der Waals surface area contributed by atoms with Crippen LogP contribution in [0.25, 0.3) is 10.1 Å². The van der Waals surface area contributed by atoms with Crippen LogP contribution in [0.4, 0.5) is 4.39 Å². The van der Waals surface area contributed by atoms with E-state index >= 15 is 0 Å². The first-order valence-corrected chi connectivity index (χ1v) is 11.9. The van der Waals surface area contributed by atoms with E-state index in [0.717, 1.165) is 41.6 Å². The molecule has 1 aromatic heterocycles. The number of rotatable bonds is 3. The second kappa shape index (κ2) is 7.14. The van der Waals surface area contributed by atoms with E-state index in [4.69, 9.17) is 0 Å². The number of fused-ring (bicyclic) bond motifs is 1. The number of halogens is 1. The van der Waals surface area contributed by atoms with Crippen molar-refractivity contribution in [3.05, 3.63) is 34.5 Å². The van der Waals surface area contributed by atoms with Crippen molar-refractivity contribution in [2.24, 2.45) is 0 Å². The Kier molecular flexibility index (Phi) is 4.98. The second-order valence-corrected chi connectivity index (χ2v) is 10.7. The summed E-state index contributed by atoms with van der Waals surface area (Å²) >= 11 is 1.32. The van der Waals surface area contributed by atoms with Crippen LogP contribution in [0, 0.1) is 12.7 Å². The number of hydrogen-bond donors (Lipinski definition) is 1. The van der Waals surface area contributed by atoms with Gasteiger partial charge in [0.05, 0.1) is 22.4 Å². The number of nitrogens with one attached hydrogen (secondary N) is 1. The van der Waals surface area contributed by atoms with Gasteiger partial charge in [0, 0.05) is 10.7 Å². The van der Waals surface area contributed by atoms with Crippen molar-refractivity contribution < 1.29 is 17.6 Å². The van der Waals surface area contributed by atoms with E-state index in [9.17, 15) is 17.6 Å². The number of sulfone groups is 1. The molecule has 2 saturated heterocycles. The highest BCUT2D eigenvalue weighted by atomic mass is 32.2. The van der Waals surface area contributed by atoms with Gasteiger partial charge in [0.25, 0.3) is 5.91 Å². The van der Waals surface area contributed by atoms with Gasteiger partial charge < -0.3 is 5.32 Å². The molecular formula is C19H23FN2O3S2. The lowest BCUT2D eigenvalue weighted by atomic mass is 10.0. The Labute approximate surface area is 162 Å². The van der Waals surface area contributed by atoms with E-state index in [2.05, 4.69) is 10.2 Å². The molecule has 2 aliphatic rings. The molecule has 1 amide bonds. The van der Waals surface area contributed by atoms with Crippen LogP contribution in [-0.2, 0) is 9.84 Å². The third-order valence-corrected chi connectivity index (χ3v) is 8.59. The van der Waals surface area contributed by atoms with Crippen LogP contribution >= 0.6 is 11.3 Å². The first-order valence-electron chi connectivity index (χ1n) is 9.28. The molecule has 4 rings (SSSR count). The molecule has 2 aliphatic heterocycles. The van der Waals surface area contributed by atoms with Crippen LogP contribution in [-0.4, -0.2) is 55.9 Å². The maximum atomic E-state index is 13.5. The van der Waals surface area contributed by atoms with Gasteiger partial charge >= 0.3 is 0 Å². The number of carbonyl (C=O) groups is 1. The fourth-order valence-electron chi connectivity index (χ4n) is 4.22. The monoisotopic (exact) mass is 410 g/mol. The molecule has 0 aliphatic carbocycles. The van der Waals surface area contributed by atoms with Crippen molar-refractivity contribution in [3.8, 4) is 0 Å². The van der Waals surface area contributed by atoms with E-state index in [0.29, 0.717) is 4.88 Å². The van der Waals surface area contributed by atoms with Crippen LogP contribution in [0.3, 0.4) is 0 Å². The van der Waals surface area contributed by atoms with Crippen molar-refractivity contribution in [2.75, 3.05) is 24.6 Å². The lowest BCUT2D eigenvalue weighted by Crippen LogP contribution is -2.52. The smallest absolute Gasteiger partial charge is 0.261 e. The lowest BCUT2D eigenvalue weighted by Gasteiger charge is -2.34. The highest BCUT2D eigenvalue weighted by Gasteiger charge is 2.42. The normalized spacial score (nSPS) is 25.7. The molecule has 0 radical (unpaired) electrons. The lowest BCUT2D eigenvalue weighted by molar-refractivity contribution is 0.0903. The highest BCUT2D eigenvalue weighted by Crippen LogP contribution is 2.32. The van der Waals surface area contributed by atoms with E-state index < -0.39 is 15.9 Å². The molecule has 2 aromatic rings. The van der Waals surface area contributed by atoms with Crippen LogP contribution in [0.2, 0.25) is 0 Å². The molecular weight excluding hydrogens is 387 g/mol. The standard InChI is InChI=1S/C19H23FN2O3S2/c1-12-14-9-13(20)5-6-17(14)26-18(12)19(23)21-15-10-27(24,25)11-16(15)22-7-3-2-4-8-22/h5-6,9,15-16H,2-4,7-8,10-11H2,1H3,(H,21,23). The zero-order valence-corrected chi connectivity index (χ0v) is 16.8. The van der Waals surface area contributed by atoms with Gasteiger partial charge in [-0.05, 0) is 62.0 Å². The van der Waals surface area contributed by atoms with Gasteiger partial charge in [-0.3, -0.25) is 9.69 Å². The van der Waals surface area contributed by atoms with Crippen molar-refractivity contribution in [2.45, 2.75) is 38.3 Å². The topological polar surface area (TPSA) is 66.5 Å². The third-order valence-electron chi connectivity index (χ3n) is 5.60. The van der Waals surface area contributed by atoms with Crippen LogP contribution < -0.4 is 5.32 Å². The summed E-state index contributed by atoms with van der Waals surface area (Å²) in [6.45, 7) is 3.57. The SMILES string of the molecule is Cc1c(C(=O)NC2CS(=O)(=O)CC2N2CCCCC2)sc2ccc(F)cc12. The Morgan fingerprint density at radius 2 is 1.96 bits per heavy atom. The van der Waals surface area contributed by atoms with Crippen molar-refractivity contribution in [3.63, 3.8) is 0 Å². The van der Waals surface area contributed by atoms with Gasteiger partial charge in [0.1, 0.15) is 5.82 Å². The first-order chi connectivity index (χ1) is 12.8. The summed E-state index contributed by atoms with van der Waals surface area (Å²) < 4.78 is 38.9. The maximum Gasteiger partial charge on any atom is 0.261 e. The molecule has 1 N–H and O–H groups in total. The summed E-state index contributed by atoms with van der Waals surface area (Å²) in [5.74, 6) is -0.506. The molecule has 0 spiro atoms. The first kappa shape index (κ1) is 18.8. The van der Waals surface area contributed by atoms with E-state index in [-0.39, 0.29) is 29.3 Å². The second-order valence-electron chi connectivity index (χ2n) is 7.52. The number of thiophene rings is 1. The van der Waals surface area contributed by atoms with Crippen molar-refractivity contribution >= 4 is 37.2 Å². The molecule has 1 aromatic carbocycles. The molecule has 27 heavy (non-hydrogen) atoms. The zero-order valence-electron chi connectivity index (χ0n) is 15.2. The van der Waals surface area contributed by atoms with Gasteiger partial charge in [-0.2, -0.15) is 0 Å². The molecule has 146 valence electrons. The van der Waals surface area contributed by atoms with Gasteiger partial charge in [0.2, 0.25) is 0 Å². The molecule has 2 unspecified atom stereocenters. The molecule has 2 atom stereocenters. The highest BCUT2D eigenvalue weighted by molar-refractivity contribution is 7.91. The number of hydrogen-bond acceptors (Lipinski definition) is 5. The van der Waals surface area contributed by atoms with E-state index in [1.165, 1.54) is 29.9 Å². The molecule has 0 saturated carbocycles. The summed E-state index contributed by atoms with van der Waals surface area (Å²) in [4.78, 5) is 15.6. The summed E-state index contributed by atoms with van der Waals surface area (Å²) in [5.41, 5.74) is 0.738. The Balaban J connectivity index is 1.58. The van der Waals surface area contributed by atoms with Crippen LogP contribution in [0.15, 0.2) is 18.2 Å². The van der Waals surface area contributed by atoms with Gasteiger partial charge in [-0.15, -0.1) is 11.3 Å². The minimum Gasteiger partial charge on any atom is -0.346 e. The number of likely N-dealkylation sites (tertiary alicyclic amines) is 1. The third kappa shape index (κ3) is 3.75. The van der Waals surface area contributed by atoms with Crippen molar-refractivity contribution in [1.29, 1.82) is 0 Å². The fraction of sp³-hybridized carbons (Fsp3) is 0.526. The number of piperidine rings is 1. The Hall–Kier alpha value is -1.51. The van der Waals surface area contributed by atoms with Crippen LogP contribution in [0.5, 0.6) is 0 Å². The minimum absolute atomic E-state index is 0.0154. The predicted octanol–water partition coefficient (Wildman–Crippen LogP) is 2.73. The van der Waals surface area contributed by atoms with Crippen molar-refractivity contribution in [1.82, 2.24) is 10.2 Å². The number of aryl methyl sites for hydroxylation is 1. The number of carbonyl (C=O) groups excluding carboxylic acids is 1. The summed E-state index contributed by atoms with van der Waals surface area (Å²) in [6.07, 6.45) is 3.31. The molecule has 5 nitrogen and oxygen atoms in total.